The van der Waals surface area contributed by atoms with Crippen LogP contribution >= 0.6 is 0 Å². The molecule has 0 fully saturated rings. The molecule has 8 nitrogen and oxygen atoms in total. The van der Waals surface area contributed by atoms with Gasteiger partial charge in [0.2, 0.25) is 0 Å². The molecule has 0 atom stereocenters. The van der Waals surface area contributed by atoms with Gasteiger partial charge in [-0.25, -0.2) is 0 Å². The molecule has 0 aliphatic carbocycles. The Balaban J connectivity index is 1.79. The third-order valence-electron chi connectivity index (χ3n) is 2.87. The second-order valence-corrected chi connectivity index (χ2v) is 4.42. The highest BCUT2D eigenvalue weighted by molar-refractivity contribution is 5.59. The van der Waals surface area contributed by atoms with E-state index in [2.05, 4.69) is 25.9 Å². The van der Waals surface area contributed by atoms with Crippen LogP contribution in [0, 0.1) is 6.92 Å². The van der Waals surface area contributed by atoms with Crippen molar-refractivity contribution in [3.63, 3.8) is 0 Å². The fourth-order valence-corrected chi connectivity index (χ4v) is 1.91. The number of ether oxygens (including phenoxy) is 1. The summed E-state index contributed by atoms with van der Waals surface area (Å²) >= 11 is 0. The maximum absolute atomic E-state index is 8.77. The Morgan fingerprint density at radius 1 is 1.29 bits per heavy atom. The maximum Gasteiger partial charge on any atom is 0.200 e. The summed E-state index contributed by atoms with van der Waals surface area (Å²) in [5.74, 6) is 1.39. The highest BCUT2D eigenvalue weighted by Crippen LogP contribution is 2.23. The van der Waals surface area contributed by atoms with Crippen molar-refractivity contribution in [3.8, 4) is 5.75 Å². The van der Waals surface area contributed by atoms with E-state index in [1.807, 2.05) is 25.1 Å². The number of anilines is 2. The highest BCUT2D eigenvalue weighted by Gasteiger charge is 2.04. The van der Waals surface area contributed by atoms with Gasteiger partial charge in [0.1, 0.15) is 12.4 Å². The molecule has 2 aromatic heterocycles. The van der Waals surface area contributed by atoms with Gasteiger partial charge in [0.15, 0.2) is 11.5 Å². The Bertz CT molecular complexity index is 757. The first-order chi connectivity index (χ1) is 10.3. The lowest BCUT2D eigenvalue weighted by atomic mass is 10.2. The quantitative estimate of drug-likeness (QED) is 0.720. The van der Waals surface area contributed by atoms with Crippen LogP contribution in [0.2, 0.25) is 0 Å². The molecule has 2 N–H and O–H groups in total. The van der Waals surface area contributed by atoms with Crippen LogP contribution in [-0.2, 0) is 0 Å². The molecule has 3 aromatic rings. The molecule has 8 heteroatoms. The van der Waals surface area contributed by atoms with E-state index in [-0.39, 0.29) is 13.2 Å². The van der Waals surface area contributed by atoms with Gasteiger partial charge in [-0.15, -0.1) is 14.8 Å². The zero-order chi connectivity index (χ0) is 14.7. The van der Waals surface area contributed by atoms with Gasteiger partial charge in [-0.05, 0) is 53.2 Å². The first-order valence-corrected chi connectivity index (χ1v) is 6.43. The predicted octanol–water partition coefficient (Wildman–Crippen LogP) is 0.942. The first-order valence-electron chi connectivity index (χ1n) is 6.43. The van der Waals surface area contributed by atoms with E-state index >= 15 is 0 Å². The lowest BCUT2D eigenvalue weighted by molar-refractivity contribution is 0.200. The monoisotopic (exact) mass is 286 g/mol. The number of rotatable bonds is 5. The zero-order valence-electron chi connectivity index (χ0n) is 11.4. The fourth-order valence-electron chi connectivity index (χ4n) is 1.91. The number of tetrazole rings is 1. The lowest BCUT2D eigenvalue weighted by Crippen LogP contribution is -2.03. The van der Waals surface area contributed by atoms with Crippen molar-refractivity contribution in [3.05, 3.63) is 35.9 Å². The summed E-state index contributed by atoms with van der Waals surface area (Å²) in [6, 6.07) is 9.25. The summed E-state index contributed by atoms with van der Waals surface area (Å²) in [6.45, 7) is 2.22. The molecule has 0 radical (unpaired) electrons. The Labute approximate surface area is 120 Å². The van der Waals surface area contributed by atoms with Gasteiger partial charge in [0.05, 0.1) is 6.61 Å². The van der Waals surface area contributed by atoms with Crippen molar-refractivity contribution < 1.29 is 9.84 Å². The van der Waals surface area contributed by atoms with E-state index in [1.54, 1.807) is 12.1 Å². The summed E-state index contributed by atoms with van der Waals surface area (Å²) < 4.78 is 6.77. The zero-order valence-corrected chi connectivity index (χ0v) is 11.4. The summed E-state index contributed by atoms with van der Waals surface area (Å²) in [5.41, 5.74) is 2.44. The van der Waals surface area contributed by atoms with Gasteiger partial charge in [0, 0.05) is 5.69 Å². The Kier molecular flexibility index (Phi) is 3.61. The summed E-state index contributed by atoms with van der Waals surface area (Å²) in [4.78, 5) is 0. The Hall–Kier alpha value is -2.74. The molecule has 0 aliphatic rings. The number of hydrogen-bond acceptors (Lipinski definition) is 7. The number of aliphatic hydroxyl groups is 1. The first kappa shape index (κ1) is 13.3. The number of hydrogen-bond donors (Lipinski definition) is 2. The van der Waals surface area contributed by atoms with Crippen LogP contribution in [0.15, 0.2) is 30.3 Å². The van der Waals surface area contributed by atoms with Crippen molar-refractivity contribution >= 4 is 17.2 Å². The van der Waals surface area contributed by atoms with Crippen LogP contribution in [-0.4, -0.2) is 43.6 Å². The lowest BCUT2D eigenvalue weighted by Gasteiger charge is -2.10. The number of aryl methyl sites for hydroxylation is 1. The fraction of sp³-hybridized carbons (Fsp3) is 0.231. The van der Waals surface area contributed by atoms with Gasteiger partial charge in [-0.2, -0.15) is 0 Å². The van der Waals surface area contributed by atoms with Crippen LogP contribution in [0.3, 0.4) is 0 Å². The molecular weight excluding hydrogens is 272 g/mol. The van der Waals surface area contributed by atoms with Crippen molar-refractivity contribution in [2.45, 2.75) is 6.92 Å². The van der Waals surface area contributed by atoms with E-state index in [1.165, 1.54) is 4.63 Å². The minimum absolute atomic E-state index is 0.00465. The van der Waals surface area contributed by atoms with Crippen molar-refractivity contribution in [1.29, 1.82) is 0 Å². The van der Waals surface area contributed by atoms with E-state index in [9.17, 15) is 0 Å². The summed E-state index contributed by atoms with van der Waals surface area (Å²) in [5, 5.41) is 27.3. The van der Waals surface area contributed by atoms with Gasteiger partial charge >= 0.3 is 0 Å². The molecule has 0 bridgehead atoms. The molecule has 108 valence electrons. The molecule has 0 spiro atoms. The number of aliphatic hydroxyl groups excluding tert-OH is 1. The molecule has 2 heterocycles. The molecule has 0 unspecified atom stereocenters. The largest absolute Gasteiger partial charge is 0.491 e. The number of nitrogens with zero attached hydrogens (tertiary/aromatic N) is 5. The van der Waals surface area contributed by atoms with E-state index in [0.717, 1.165) is 17.0 Å². The molecule has 3 rings (SSSR count). The second kappa shape index (κ2) is 5.71. The van der Waals surface area contributed by atoms with Crippen LogP contribution in [0.25, 0.3) is 5.65 Å². The predicted molar refractivity (Wildman–Crippen MR) is 75.6 cm³/mol. The molecular formula is C13H14N6O2. The van der Waals surface area contributed by atoms with Crippen LogP contribution < -0.4 is 10.1 Å². The molecule has 0 amide bonds. The molecule has 0 saturated carbocycles. The number of nitrogens with one attached hydrogen (secondary N) is 1. The van der Waals surface area contributed by atoms with Gasteiger partial charge in [0.25, 0.3) is 0 Å². The Morgan fingerprint density at radius 2 is 2.19 bits per heavy atom. The van der Waals surface area contributed by atoms with Crippen LogP contribution in [0.4, 0.5) is 11.5 Å². The molecule has 1 aromatic carbocycles. The van der Waals surface area contributed by atoms with E-state index < -0.39 is 0 Å². The Morgan fingerprint density at radius 3 is 3.00 bits per heavy atom. The van der Waals surface area contributed by atoms with Crippen LogP contribution in [0.1, 0.15) is 5.56 Å². The molecule has 0 aliphatic heterocycles. The number of benzene rings is 1. The highest BCUT2D eigenvalue weighted by atomic mass is 16.5. The normalized spacial score (nSPS) is 10.8. The standard InChI is InChI=1S/C13H14N6O2/c1-9-8-10(2-3-11(9)21-7-6-20)14-12-4-5-13-15-17-18-19(13)16-12/h2-5,8,20H,6-7H2,1H3,(H,14,16). The maximum atomic E-state index is 8.77. The van der Waals surface area contributed by atoms with Crippen molar-refractivity contribution in [2.75, 3.05) is 18.5 Å². The van der Waals surface area contributed by atoms with Crippen LogP contribution in [0.5, 0.6) is 5.75 Å². The second-order valence-electron chi connectivity index (χ2n) is 4.42. The smallest absolute Gasteiger partial charge is 0.200 e. The minimum Gasteiger partial charge on any atom is -0.491 e. The van der Waals surface area contributed by atoms with Gasteiger partial charge < -0.3 is 15.2 Å². The van der Waals surface area contributed by atoms with Crippen molar-refractivity contribution in [1.82, 2.24) is 25.3 Å². The minimum atomic E-state index is -0.00465. The van der Waals surface area contributed by atoms with E-state index in [0.29, 0.717) is 11.5 Å². The van der Waals surface area contributed by atoms with E-state index in [4.69, 9.17) is 9.84 Å². The molecule has 21 heavy (non-hydrogen) atoms. The summed E-state index contributed by atoms with van der Waals surface area (Å²) in [6.07, 6.45) is 0. The number of aromatic nitrogens is 5. The summed E-state index contributed by atoms with van der Waals surface area (Å²) in [7, 11) is 0. The third kappa shape index (κ3) is 2.90. The SMILES string of the molecule is Cc1cc(Nc2ccc3nnnn3n2)ccc1OCCO. The third-order valence-corrected chi connectivity index (χ3v) is 2.87. The molecule has 0 saturated heterocycles. The van der Waals surface area contributed by atoms with Gasteiger partial charge in [-0.3, -0.25) is 0 Å². The van der Waals surface area contributed by atoms with Crippen molar-refractivity contribution in [2.24, 2.45) is 0 Å². The average Bonchev–Trinajstić information content (AvgIpc) is 2.94. The average molecular weight is 286 g/mol. The number of fused-ring (bicyclic) bond motifs is 1. The topological polar surface area (TPSA) is 97.5 Å². The van der Waals surface area contributed by atoms with Gasteiger partial charge in [-0.1, -0.05) is 0 Å².